The third-order valence-corrected chi connectivity index (χ3v) is 6.09. The van der Waals surface area contributed by atoms with Crippen molar-refractivity contribution in [2.24, 2.45) is 16.1 Å². The SMILES string of the molecule is CN=CC(=CN)c1cc(Oc2ccc(NC(=O)N3CCC4(CCCC(=O)C4)C3=O)nc2)ccn1. The highest BCUT2D eigenvalue weighted by Gasteiger charge is 2.50. The molecule has 1 unspecified atom stereocenters. The quantitative estimate of drug-likeness (QED) is 0.650. The number of carbonyl (C=O) groups is 3. The molecule has 0 radical (unpaired) electrons. The number of likely N-dealkylation sites (tertiary alicyclic amines) is 1. The van der Waals surface area contributed by atoms with Gasteiger partial charge in [0.25, 0.3) is 0 Å². The van der Waals surface area contributed by atoms with E-state index in [1.807, 2.05) is 0 Å². The van der Waals surface area contributed by atoms with Gasteiger partial charge in [0.2, 0.25) is 5.91 Å². The molecule has 1 spiro atoms. The molecule has 1 aliphatic carbocycles. The average Bonchev–Trinajstić information content (AvgIpc) is 3.14. The molecule has 2 aliphatic rings. The molecule has 10 nitrogen and oxygen atoms in total. The number of nitrogens with one attached hydrogen (secondary N) is 1. The van der Waals surface area contributed by atoms with Crippen molar-refractivity contribution in [3.63, 3.8) is 0 Å². The Balaban J connectivity index is 1.39. The number of ether oxygens (including phenoxy) is 1. The summed E-state index contributed by atoms with van der Waals surface area (Å²) in [5.41, 5.74) is 6.17. The van der Waals surface area contributed by atoms with Gasteiger partial charge in [-0.25, -0.2) is 9.78 Å². The number of aromatic nitrogens is 2. The first-order valence-electron chi connectivity index (χ1n) is 11.0. The van der Waals surface area contributed by atoms with Gasteiger partial charge < -0.3 is 10.5 Å². The molecule has 10 heteroatoms. The molecule has 3 N–H and O–H groups in total. The number of ketones is 1. The van der Waals surface area contributed by atoms with Crippen molar-refractivity contribution in [3.05, 3.63) is 48.6 Å². The van der Waals surface area contributed by atoms with Gasteiger partial charge in [-0.1, -0.05) is 0 Å². The maximum atomic E-state index is 12.9. The van der Waals surface area contributed by atoms with Crippen LogP contribution in [0.3, 0.4) is 0 Å². The van der Waals surface area contributed by atoms with E-state index in [2.05, 4.69) is 20.3 Å². The summed E-state index contributed by atoms with van der Waals surface area (Å²) in [4.78, 5) is 51.1. The largest absolute Gasteiger partial charge is 0.456 e. The first-order valence-corrected chi connectivity index (χ1v) is 11.0. The maximum absolute atomic E-state index is 12.9. The van der Waals surface area contributed by atoms with Gasteiger partial charge in [0.1, 0.15) is 23.1 Å². The fourth-order valence-electron chi connectivity index (χ4n) is 4.38. The number of carbonyl (C=O) groups excluding carboxylic acids is 3. The van der Waals surface area contributed by atoms with Crippen LogP contribution in [0.4, 0.5) is 10.6 Å². The van der Waals surface area contributed by atoms with Crippen LogP contribution in [0.25, 0.3) is 5.57 Å². The van der Waals surface area contributed by atoms with E-state index in [1.165, 1.54) is 17.3 Å². The highest BCUT2D eigenvalue weighted by Crippen LogP contribution is 2.43. The van der Waals surface area contributed by atoms with Gasteiger partial charge in [0.15, 0.2) is 0 Å². The van der Waals surface area contributed by atoms with E-state index in [9.17, 15) is 14.4 Å². The van der Waals surface area contributed by atoms with Gasteiger partial charge in [0, 0.05) is 56.7 Å². The molecule has 1 aliphatic heterocycles. The van der Waals surface area contributed by atoms with Crippen LogP contribution in [0, 0.1) is 5.41 Å². The average molecular weight is 463 g/mol. The molecular formula is C24H26N6O4. The molecule has 176 valence electrons. The van der Waals surface area contributed by atoms with Crippen LogP contribution in [-0.4, -0.2) is 52.4 Å². The van der Waals surface area contributed by atoms with Crippen LogP contribution in [0.1, 0.15) is 37.8 Å². The molecule has 0 bridgehead atoms. The number of rotatable bonds is 5. The third-order valence-electron chi connectivity index (χ3n) is 6.09. The summed E-state index contributed by atoms with van der Waals surface area (Å²) in [6, 6.07) is 6.12. The van der Waals surface area contributed by atoms with Crippen molar-refractivity contribution in [2.75, 3.05) is 18.9 Å². The highest BCUT2D eigenvalue weighted by molar-refractivity contribution is 6.08. The first-order chi connectivity index (χ1) is 16.4. The molecule has 3 heterocycles. The van der Waals surface area contributed by atoms with E-state index < -0.39 is 11.4 Å². The number of Topliss-reactive ketones (excluding diaryl/α,β-unsaturated/α-hetero) is 1. The second-order valence-electron chi connectivity index (χ2n) is 8.35. The van der Waals surface area contributed by atoms with Gasteiger partial charge in [-0.05, 0) is 37.5 Å². The van der Waals surface area contributed by atoms with Crippen LogP contribution in [0.5, 0.6) is 11.5 Å². The predicted octanol–water partition coefficient (Wildman–Crippen LogP) is 3.16. The van der Waals surface area contributed by atoms with E-state index >= 15 is 0 Å². The number of pyridine rings is 2. The number of allylic oxidation sites excluding steroid dienone is 1. The minimum absolute atomic E-state index is 0.0919. The molecule has 1 saturated carbocycles. The van der Waals surface area contributed by atoms with Crippen LogP contribution in [-0.2, 0) is 9.59 Å². The van der Waals surface area contributed by atoms with Gasteiger partial charge in [-0.15, -0.1) is 0 Å². The van der Waals surface area contributed by atoms with Gasteiger partial charge >= 0.3 is 6.03 Å². The van der Waals surface area contributed by atoms with Crippen LogP contribution in [0.2, 0.25) is 0 Å². The molecule has 2 aromatic heterocycles. The second kappa shape index (κ2) is 9.82. The molecular weight excluding hydrogens is 436 g/mol. The lowest BCUT2D eigenvalue weighted by molar-refractivity contribution is -0.139. The zero-order chi connectivity index (χ0) is 24.1. The second-order valence-corrected chi connectivity index (χ2v) is 8.35. The van der Waals surface area contributed by atoms with E-state index in [0.717, 1.165) is 0 Å². The van der Waals surface area contributed by atoms with E-state index in [-0.39, 0.29) is 23.9 Å². The van der Waals surface area contributed by atoms with Crippen molar-refractivity contribution in [2.45, 2.75) is 32.1 Å². The van der Waals surface area contributed by atoms with E-state index in [0.29, 0.717) is 55.0 Å². The summed E-state index contributed by atoms with van der Waals surface area (Å²) in [5.74, 6) is 1.09. The number of amides is 3. The number of urea groups is 1. The molecule has 34 heavy (non-hydrogen) atoms. The van der Waals surface area contributed by atoms with Crippen LogP contribution >= 0.6 is 0 Å². The van der Waals surface area contributed by atoms with Crippen molar-refractivity contribution in [1.29, 1.82) is 0 Å². The van der Waals surface area contributed by atoms with E-state index in [4.69, 9.17) is 10.5 Å². The van der Waals surface area contributed by atoms with Crippen LogP contribution < -0.4 is 15.8 Å². The summed E-state index contributed by atoms with van der Waals surface area (Å²) < 4.78 is 5.83. The minimum atomic E-state index is -0.719. The Morgan fingerprint density at radius 1 is 1.24 bits per heavy atom. The zero-order valence-electron chi connectivity index (χ0n) is 18.9. The van der Waals surface area contributed by atoms with Crippen molar-refractivity contribution in [3.8, 4) is 11.5 Å². The molecule has 1 atom stereocenters. The first kappa shape index (κ1) is 23.1. The van der Waals surface area contributed by atoms with Gasteiger partial charge in [0.05, 0.1) is 17.3 Å². The molecule has 3 amide bonds. The Morgan fingerprint density at radius 2 is 2.09 bits per heavy atom. The van der Waals surface area contributed by atoms with Gasteiger partial charge in [-0.2, -0.15) is 0 Å². The number of aliphatic imine (C=N–C) groups is 1. The zero-order valence-corrected chi connectivity index (χ0v) is 18.9. The highest BCUT2D eigenvalue weighted by atomic mass is 16.5. The standard InChI is InChI=1S/C24H26N6O4/c1-26-14-16(13-25)20-11-18(6-9-27-20)34-19-4-5-21(28-15-19)29-23(33)30-10-8-24(22(30)32)7-2-3-17(31)12-24/h4-6,9,11,13-15H,2-3,7-8,10,12,25H2,1H3,(H,28,29,33). The fraction of sp³-hybridized carbons (Fsp3) is 0.333. The van der Waals surface area contributed by atoms with Crippen molar-refractivity contribution >= 4 is 35.3 Å². The van der Waals surface area contributed by atoms with Crippen LogP contribution in [0.15, 0.2) is 47.9 Å². The summed E-state index contributed by atoms with van der Waals surface area (Å²) in [6.45, 7) is 0.297. The Bertz CT molecular complexity index is 1160. The maximum Gasteiger partial charge on any atom is 0.329 e. The fourth-order valence-corrected chi connectivity index (χ4v) is 4.38. The minimum Gasteiger partial charge on any atom is -0.456 e. The van der Waals surface area contributed by atoms with Crippen molar-refractivity contribution < 1.29 is 19.1 Å². The monoisotopic (exact) mass is 462 g/mol. The molecule has 2 aromatic rings. The van der Waals surface area contributed by atoms with E-state index in [1.54, 1.807) is 43.7 Å². The summed E-state index contributed by atoms with van der Waals surface area (Å²) in [7, 11) is 1.64. The van der Waals surface area contributed by atoms with Crippen molar-refractivity contribution in [1.82, 2.24) is 14.9 Å². The number of nitrogens with two attached hydrogens (primary N) is 1. The Morgan fingerprint density at radius 3 is 2.79 bits per heavy atom. The Hall–Kier alpha value is -4.08. The number of imide groups is 1. The topological polar surface area (TPSA) is 140 Å². The van der Waals surface area contributed by atoms with Gasteiger partial charge in [-0.3, -0.25) is 29.8 Å². The number of anilines is 1. The summed E-state index contributed by atoms with van der Waals surface area (Å²) >= 11 is 0. The normalized spacial score (nSPS) is 20.9. The lowest BCUT2D eigenvalue weighted by Gasteiger charge is -2.30. The number of hydrogen-bond donors (Lipinski definition) is 2. The predicted molar refractivity (Wildman–Crippen MR) is 126 cm³/mol. The lowest BCUT2D eigenvalue weighted by atomic mass is 9.72. The lowest BCUT2D eigenvalue weighted by Crippen LogP contribution is -2.42. The smallest absolute Gasteiger partial charge is 0.329 e. The number of hydrogen-bond acceptors (Lipinski definition) is 8. The summed E-state index contributed by atoms with van der Waals surface area (Å²) in [6.07, 6.45) is 8.68. The Labute approximate surface area is 196 Å². The number of nitrogens with zero attached hydrogens (tertiary/aromatic N) is 4. The Kier molecular flexibility index (Phi) is 6.67. The third kappa shape index (κ3) is 4.80. The molecule has 0 aromatic carbocycles. The summed E-state index contributed by atoms with van der Waals surface area (Å²) in [5, 5.41) is 2.65. The molecule has 1 saturated heterocycles. The molecule has 4 rings (SSSR count). The molecule has 2 fully saturated rings.